The Balaban J connectivity index is 2.33. The molecule has 0 unspecified atom stereocenters. The summed E-state index contributed by atoms with van der Waals surface area (Å²) in [5.74, 6) is 0. The van der Waals surface area contributed by atoms with Gasteiger partial charge >= 0.3 is 0 Å². The molecule has 0 amide bonds. The van der Waals surface area contributed by atoms with E-state index in [9.17, 15) is 0 Å². The van der Waals surface area contributed by atoms with Crippen LogP contribution >= 0.6 is 0 Å². The first-order valence-electron chi connectivity index (χ1n) is 2.43. The summed E-state index contributed by atoms with van der Waals surface area (Å²) in [6.45, 7) is 0. The number of rotatable bonds is 0. The van der Waals surface area contributed by atoms with Gasteiger partial charge in [0.1, 0.15) is 0 Å². The molecule has 2 nitrogen and oxygen atoms in total. The Bertz CT molecular complexity index is 159. The maximum atomic E-state index is 8.34. The monoisotopic (exact) mass is 94.1 g/mol. The zero-order chi connectivity index (χ0) is 5.12. The summed E-state index contributed by atoms with van der Waals surface area (Å²) in [5.41, 5.74) is 5.54. The Morgan fingerprint density at radius 1 is 1.57 bits per heavy atom. The standard InChI is InChI=1S/C5H6N2/c6-3-4-1-5(4,7)2-4/h1-2,7H2. The fraction of sp³-hybridized carbons (Fsp3) is 0.800. The van der Waals surface area contributed by atoms with E-state index in [1.54, 1.807) is 0 Å². The molecular formula is C5H6N2. The number of nitrogens with zero attached hydrogens (tertiary/aromatic N) is 1. The molecule has 0 atom stereocenters. The molecule has 0 aromatic rings. The second-order valence-corrected chi connectivity index (χ2v) is 2.70. The first kappa shape index (κ1) is 3.45. The van der Waals surface area contributed by atoms with Crippen LogP contribution in [0.15, 0.2) is 0 Å². The van der Waals surface area contributed by atoms with Gasteiger partial charge in [-0.2, -0.15) is 5.26 Å². The lowest BCUT2D eigenvalue weighted by Gasteiger charge is -1.81. The van der Waals surface area contributed by atoms with Gasteiger partial charge in [-0.1, -0.05) is 0 Å². The van der Waals surface area contributed by atoms with Crippen molar-refractivity contribution in [3.8, 4) is 6.07 Å². The highest BCUT2D eigenvalue weighted by atomic mass is 15.0. The van der Waals surface area contributed by atoms with E-state index in [2.05, 4.69) is 6.07 Å². The van der Waals surface area contributed by atoms with E-state index in [0.29, 0.717) is 0 Å². The van der Waals surface area contributed by atoms with E-state index in [1.165, 1.54) is 0 Å². The number of nitriles is 1. The fourth-order valence-corrected chi connectivity index (χ4v) is 1.13. The molecule has 0 aliphatic heterocycles. The molecule has 2 heteroatoms. The third-order valence-electron chi connectivity index (χ3n) is 2.15. The summed E-state index contributed by atoms with van der Waals surface area (Å²) in [4.78, 5) is 0. The van der Waals surface area contributed by atoms with Crippen molar-refractivity contribution in [3.05, 3.63) is 0 Å². The third-order valence-corrected chi connectivity index (χ3v) is 2.15. The Morgan fingerprint density at radius 3 is 2.00 bits per heavy atom. The van der Waals surface area contributed by atoms with E-state index in [-0.39, 0.29) is 11.0 Å². The normalized spacial score (nSPS) is 62.9. The minimum Gasteiger partial charge on any atom is -0.324 e. The zero-order valence-electron chi connectivity index (χ0n) is 3.94. The van der Waals surface area contributed by atoms with E-state index in [0.717, 1.165) is 12.8 Å². The summed E-state index contributed by atoms with van der Waals surface area (Å²) in [7, 11) is 0. The van der Waals surface area contributed by atoms with Crippen LogP contribution in [0.2, 0.25) is 0 Å². The predicted molar refractivity (Wildman–Crippen MR) is 24.2 cm³/mol. The molecule has 0 bridgehead atoms. The molecule has 2 rings (SSSR count). The summed E-state index contributed by atoms with van der Waals surface area (Å²) in [6.07, 6.45) is 1.91. The van der Waals surface area contributed by atoms with Gasteiger partial charge in [0, 0.05) is 5.54 Å². The van der Waals surface area contributed by atoms with Crippen molar-refractivity contribution in [2.45, 2.75) is 18.4 Å². The largest absolute Gasteiger partial charge is 0.324 e. The lowest BCUT2D eigenvalue weighted by Crippen LogP contribution is -2.07. The van der Waals surface area contributed by atoms with Gasteiger partial charge in [-0.25, -0.2) is 0 Å². The lowest BCUT2D eigenvalue weighted by molar-refractivity contribution is 0.767. The van der Waals surface area contributed by atoms with E-state index in [1.807, 2.05) is 0 Å². The number of fused-ring (bicyclic) bond motifs is 1. The molecular weight excluding hydrogens is 88.1 g/mol. The molecule has 0 radical (unpaired) electrons. The van der Waals surface area contributed by atoms with Crippen LogP contribution in [0.5, 0.6) is 0 Å². The minimum absolute atomic E-state index is 0.00174. The maximum Gasteiger partial charge on any atom is 0.0790 e. The predicted octanol–water partition coefficient (Wildman–Crippen LogP) is 0.00128. The van der Waals surface area contributed by atoms with Crippen molar-refractivity contribution in [1.29, 1.82) is 5.26 Å². The second kappa shape index (κ2) is 0.517. The van der Waals surface area contributed by atoms with Gasteiger partial charge in [0.25, 0.3) is 0 Å². The first-order chi connectivity index (χ1) is 3.22. The molecule has 2 N–H and O–H groups in total. The average molecular weight is 94.1 g/mol. The lowest BCUT2D eigenvalue weighted by atomic mass is 10.2. The third kappa shape index (κ3) is 0.171. The molecule has 0 saturated heterocycles. The molecule has 0 aromatic carbocycles. The highest BCUT2D eigenvalue weighted by Crippen LogP contribution is 2.76. The molecule has 2 aliphatic rings. The van der Waals surface area contributed by atoms with Crippen LogP contribution < -0.4 is 5.73 Å². The molecule has 0 spiro atoms. The Morgan fingerprint density at radius 2 is 2.00 bits per heavy atom. The van der Waals surface area contributed by atoms with Crippen molar-refractivity contribution >= 4 is 0 Å². The number of hydrogen-bond acceptors (Lipinski definition) is 2. The van der Waals surface area contributed by atoms with E-state index in [4.69, 9.17) is 11.0 Å². The first-order valence-corrected chi connectivity index (χ1v) is 2.43. The van der Waals surface area contributed by atoms with Crippen LogP contribution in [0.25, 0.3) is 0 Å². The Kier molecular flexibility index (Phi) is 0.255. The van der Waals surface area contributed by atoms with Gasteiger partial charge in [-0.05, 0) is 12.8 Å². The SMILES string of the molecule is N#CC12CC1(N)C2. The Labute approximate surface area is 41.9 Å². The van der Waals surface area contributed by atoms with Gasteiger partial charge in [-0.3, -0.25) is 0 Å². The highest BCUT2D eigenvalue weighted by Gasteiger charge is 2.82. The van der Waals surface area contributed by atoms with Crippen molar-refractivity contribution < 1.29 is 0 Å². The van der Waals surface area contributed by atoms with Crippen LogP contribution in [-0.2, 0) is 0 Å². The number of nitrogens with two attached hydrogens (primary N) is 1. The van der Waals surface area contributed by atoms with E-state index < -0.39 is 0 Å². The second-order valence-electron chi connectivity index (χ2n) is 2.70. The zero-order valence-corrected chi connectivity index (χ0v) is 3.94. The van der Waals surface area contributed by atoms with Crippen LogP contribution in [0, 0.1) is 16.7 Å². The molecule has 0 aromatic heterocycles. The quantitative estimate of drug-likeness (QED) is 0.459. The molecule has 36 valence electrons. The summed E-state index contributed by atoms with van der Waals surface area (Å²) < 4.78 is 0. The number of hydrogen-bond donors (Lipinski definition) is 1. The van der Waals surface area contributed by atoms with Crippen molar-refractivity contribution in [2.24, 2.45) is 11.1 Å². The minimum atomic E-state index is -0.0208. The molecule has 7 heavy (non-hydrogen) atoms. The van der Waals surface area contributed by atoms with Gasteiger partial charge in [0.05, 0.1) is 11.5 Å². The summed E-state index contributed by atoms with van der Waals surface area (Å²) in [5, 5.41) is 8.34. The maximum absolute atomic E-state index is 8.34. The average Bonchev–Trinajstić information content (AvgIpc) is 2.24. The van der Waals surface area contributed by atoms with Crippen molar-refractivity contribution in [1.82, 2.24) is 0 Å². The topological polar surface area (TPSA) is 49.8 Å². The summed E-state index contributed by atoms with van der Waals surface area (Å²) >= 11 is 0. The van der Waals surface area contributed by atoms with Crippen molar-refractivity contribution in [3.63, 3.8) is 0 Å². The summed E-state index contributed by atoms with van der Waals surface area (Å²) in [6, 6.07) is 2.20. The van der Waals surface area contributed by atoms with Gasteiger partial charge in [-0.15, -0.1) is 0 Å². The molecule has 2 aliphatic carbocycles. The van der Waals surface area contributed by atoms with E-state index >= 15 is 0 Å². The van der Waals surface area contributed by atoms with Gasteiger partial charge < -0.3 is 5.73 Å². The molecule has 2 fully saturated rings. The van der Waals surface area contributed by atoms with Crippen LogP contribution in [0.3, 0.4) is 0 Å². The van der Waals surface area contributed by atoms with Crippen LogP contribution in [0.4, 0.5) is 0 Å². The molecule has 2 saturated carbocycles. The molecule has 0 heterocycles. The van der Waals surface area contributed by atoms with Crippen molar-refractivity contribution in [2.75, 3.05) is 0 Å². The Hall–Kier alpha value is -0.550. The van der Waals surface area contributed by atoms with Gasteiger partial charge in [0.15, 0.2) is 0 Å². The fourth-order valence-electron chi connectivity index (χ4n) is 1.13. The van der Waals surface area contributed by atoms with Crippen LogP contribution in [-0.4, -0.2) is 5.54 Å². The van der Waals surface area contributed by atoms with Gasteiger partial charge in [0.2, 0.25) is 0 Å². The smallest absolute Gasteiger partial charge is 0.0790 e. The van der Waals surface area contributed by atoms with Crippen LogP contribution in [0.1, 0.15) is 12.8 Å². The highest BCUT2D eigenvalue weighted by molar-refractivity contribution is 5.44.